The quantitative estimate of drug-likeness (QED) is 0.602. The lowest BCUT2D eigenvalue weighted by atomic mass is 10.0. The number of likely N-dealkylation sites (N-methyl/N-ethyl adjacent to an activating group) is 1. The SMILES string of the molecule is CCN(CC)[C@@H](Cc1cccc([N+](=O)[O-])c1)C(=O)O. The number of rotatable bonds is 7. The summed E-state index contributed by atoms with van der Waals surface area (Å²) in [5.41, 5.74) is 0.648. The Labute approximate surface area is 111 Å². The van der Waals surface area contributed by atoms with E-state index in [1.54, 1.807) is 12.1 Å². The number of carbonyl (C=O) groups is 1. The molecule has 6 nitrogen and oxygen atoms in total. The highest BCUT2D eigenvalue weighted by Gasteiger charge is 2.24. The Morgan fingerprint density at radius 2 is 2.05 bits per heavy atom. The van der Waals surface area contributed by atoms with Gasteiger partial charge in [0.25, 0.3) is 5.69 Å². The van der Waals surface area contributed by atoms with E-state index in [9.17, 15) is 20.0 Å². The Balaban J connectivity index is 2.93. The van der Waals surface area contributed by atoms with Crippen LogP contribution in [-0.2, 0) is 11.2 Å². The summed E-state index contributed by atoms with van der Waals surface area (Å²) in [6, 6.07) is 5.47. The summed E-state index contributed by atoms with van der Waals surface area (Å²) in [4.78, 5) is 23.3. The molecule has 104 valence electrons. The lowest BCUT2D eigenvalue weighted by Crippen LogP contribution is -2.42. The molecule has 0 amide bonds. The number of nitro benzene ring substituents is 1. The smallest absolute Gasteiger partial charge is 0.321 e. The van der Waals surface area contributed by atoms with E-state index in [0.717, 1.165) is 0 Å². The topological polar surface area (TPSA) is 83.7 Å². The van der Waals surface area contributed by atoms with E-state index >= 15 is 0 Å². The van der Waals surface area contributed by atoms with Crippen molar-refractivity contribution in [1.82, 2.24) is 4.90 Å². The molecule has 0 aliphatic rings. The van der Waals surface area contributed by atoms with E-state index in [1.165, 1.54) is 12.1 Å². The zero-order valence-electron chi connectivity index (χ0n) is 11.1. The average Bonchev–Trinajstić information content (AvgIpc) is 2.39. The number of hydrogen-bond acceptors (Lipinski definition) is 4. The van der Waals surface area contributed by atoms with Crippen molar-refractivity contribution in [1.29, 1.82) is 0 Å². The Morgan fingerprint density at radius 1 is 1.42 bits per heavy atom. The molecular formula is C13H18N2O4. The lowest BCUT2D eigenvalue weighted by Gasteiger charge is -2.26. The molecule has 0 saturated heterocycles. The molecule has 0 heterocycles. The first-order chi connectivity index (χ1) is 8.99. The summed E-state index contributed by atoms with van der Waals surface area (Å²) in [7, 11) is 0. The van der Waals surface area contributed by atoms with Gasteiger partial charge in [0.05, 0.1) is 4.92 Å². The minimum absolute atomic E-state index is 0.0128. The van der Waals surface area contributed by atoms with Gasteiger partial charge in [0.2, 0.25) is 0 Å². The third-order valence-corrected chi connectivity index (χ3v) is 3.09. The number of nitrogens with zero attached hydrogens (tertiary/aromatic N) is 2. The van der Waals surface area contributed by atoms with Crippen LogP contribution in [0.5, 0.6) is 0 Å². The molecule has 1 aromatic carbocycles. The first-order valence-corrected chi connectivity index (χ1v) is 6.19. The standard InChI is InChI=1S/C13H18N2O4/c1-3-14(4-2)12(13(16)17)9-10-6-5-7-11(8-10)15(18)19/h5-8,12H,3-4,9H2,1-2H3,(H,16,17)/t12-/m0/s1. The highest BCUT2D eigenvalue weighted by molar-refractivity contribution is 5.74. The minimum atomic E-state index is -0.907. The largest absolute Gasteiger partial charge is 0.480 e. The molecule has 0 aliphatic heterocycles. The summed E-state index contributed by atoms with van der Waals surface area (Å²) in [5, 5.41) is 20.0. The van der Waals surface area contributed by atoms with Gasteiger partial charge in [-0.2, -0.15) is 0 Å². The van der Waals surface area contributed by atoms with E-state index in [-0.39, 0.29) is 12.1 Å². The van der Waals surface area contributed by atoms with Crippen molar-refractivity contribution >= 4 is 11.7 Å². The van der Waals surface area contributed by atoms with Crippen LogP contribution in [0, 0.1) is 10.1 Å². The van der Waals surface area contributed by atoms with Crippen LogP contribution in [0.3, 0.4) is 0 Å². The number of nitro groups is 1. The van der Waals surface area contributed by atoms with Gasteiger partial charge >= 0.3 is 5.97 Å². The number of non-ortho nitro benzene ring substituents is 1. The molecule has 0 radical (unpaired) electrons. The molecule has 0 fully saturated rings. The second-order valence-corrected chi connectivity index (χ2v) is 4.21. The normalized spacial score (nSPS) is 12.4. The van der Waals surface area contributed by atoms with Crippen molar-refractivity contribution < 1.29 is 14.8 Å². The van der Waals surface area contributed by atoms with Crippen molar-refractivity contribution in [3.05, 3.63) is 39.9 Å². The summed E-state index contributed by atoms with van der Waals surface area (Å²) in [5.74, 6) is -0.907. The lowest BCUT2D eigenvalue weighted by molar-refractivity contribution is -0.384. The molecule has 0 aromatic heterocycles. The monoisotopic (exact) mass is 266 g/mol. The maximum Gasteiger partial charge on any atom is 0.321 e. The predicted octanol–water partition coefficient (Wildman–Crippen LogP) is 1.93. The zero-order valence-corrected chi connectivity index (χ0v) is 11.1. The van der Waals surface area contributed by atoms with E-state index in [0.29, 0.717) is 18.7 Å². The molecule has 0 bridgehead atoms. The summed E-state index contributed by atoms with van der Waals surface area (Å²) in [6.07, 6.45) is 0.263. The minimum Gasteiger partial charge on any atom is -0.480 e. The number of hydrogen-bond donors (Lipinski definition) is 1. The van der Waals surface area contributed by atoms with E-state index in [2.05, 4.69) is 0 Å². The molecule has 6 heteroatoms. The van der Waals surface area contributed by atoms with E-state index < -0.39 is 16.9 Å². The van der Waals surface area contributed by atoms with Gasteiger partial charge in [-0.1, -0.05) is 26.0 Å². The maximum absolute atomic E-state index is 11.3. The van der Waals surface area contributed by atoms with Crippen LogP contribution in [0.4, 0.5) is 5.69 Å². The number of aliphatic carboxylic acids is 1. The molecule has 19 heavy (non-hydrogen) atoms. The van der Waals surface area contributed by atoms with Crippen LogP contribution in [-0.4, -0.2) is 40.0 Å². The van der Waals surface area contributed by atoms with E-state index in [1.807, 2.05) is 18.7 Å². The Morgan fingerprint density at radius 3 is 2.53 bits per heavy atom. The van der Waals surface area contributed by atoms with E-state index in [4.69, 9.17) is 0 Å². The Kier molecular flexibility index (Phi) is 5.44. The molecular weight excluding hydrogens is 248 g/mol. The summed E-state index contributed by atoms with van der Waals surface area (Å²) < 4.78 is 0. The molecule has 1 atom stereocenters. The van der Waals surface area contributed by atoms with Crippen molar-refractivity contribution in [2.45, 2.75) is 26.3 Å². The van der Waals surface area contributed by atoms with Crippen molar-refractivity contribution in [2.75, 3.05) is 13.1 Å². The second-order valence-electron chi connectivity index (χ2n) is 4.21. The van der Waals surface area contributed by atoms with Gasteiger partial charge in [-0.3, -0.25) is 19.8 Å². The highest BCUT2D eigenvalue weighted by Crippen LogP contribution is 2.16. The summed E-state index contributed by atoms with van der Waals surface area (Å²) in [6.45, 7) is 5.05. The number of carboxylic acids is 1. The molecule has 1 rings (SSSR count). The fourth-order valence-electron chi connectivity index (χ4n) is 2.06. The molecule has 0 saturated carbocycles. The molecule has 1 aromatic rings. The van der Waals surface area contributed by atoms with Crippen LogP contribution >= 0.6 is 0 Å². The van der Waals surface area contributed by atoms with Crippen LogP contribution in [0.25, 0.3) is 0 Å². The number of benzene rings is 1. The Bertz CT molecular complexity index is 458. The van der Waals surface area contributed by atoms with Crippen LogP contribution in [0.2, 0.25) is 0 Å². The summed E-state index contributed by atoms with van der Waals surface area (Å²) >= 11 is 0. The van der Waals surface area contributed by atoms with Crippen LogP contribution in [0.1, 0.15) is 19.4 Å². The second kappa shape index (κ2) is 6.84. The van der Waals surface area contributed by atoms with Crippen molar-refractivity contribution in [3.8, 4) is 0 Å². The van der Waals surface area contributed by atoms with Gasteiger partial charge < -0.3 is 5.11 Å². The third-order valence-electron chi connectivity index (χ3n) is 3.09. The molecule has 0 aliphatic carbocycles. The van der Waals surface area contributed by atoms with Crippen LogP contribution in [0.15, 0.2) is 24.3 Å². The first-order valence-electron chi connectivity index (χ1n) is 6.19. The molecule has 1 N–H and O–H groups in total. The van der Waals surface area contributed by atoms with Crippen LogP contribution < -0.4 is 0 Å². The first kappa shape index (κ1) is 15.1. The van der Waals surface area contributed by atoms with Gasteiger partial charge in [-0.25, -0.2) is 0 Å². The van der Waals surface area contributed by atoms with Gasteiger partial charge in [0, 0.05) is 12.1 Å². The fraction of sp³-hybridized carbons (Fsp3) is 0.462. The van der Waals surface area contributed by atoms with Gasteiger partial charge in [-0.15, -0.1) is 0 Å². The fourth-order valence-corrected chi connectivity index (χ4v) is 2.06. The van der Waals surface area contributed by atoms with Gasteiger partial charge in [0.15, 0.2) is 0 Å². The average molecular weight is 266 g/mol. The number of carboxylic acid groups (broad SMARTS) is 1. The molecule has 0 unspecified atom stereocenters. The third kappa shape index (κ3) is 4.03. The van der Waals surface area contributed by atoms with Crippen molar-refractivity contribution in [3.63, 3.8) is 0 Å². The Hall–Kier alpha value is -1.95. The highest BCUT2D eigenvalue weighted by atomic mass is 16.6. The van der Waals surface area contributed by atoms with Crippen molar-refractivity contribution in [2.24, 2.45) is 0 Å². The molecule has 0 spiro atoms. The zero-order chi connectivity index (χ0) is 14.4. The van der Waals surface area contributed by atoms with Gasteiger partial charge in [0.1, 0.15) is 6.04 Å². The van der Waals surface area contributed by atoms with Gasteiger partial charge in [-0.05, 0) is 25.1 Å². The predicted molar refractivity (Wildman–Crippen MR) is 71.1 cm³/mol. The maximum atomic E-state index is 11.3.